The van der Waals surface area contributed by atoms with Gasteiger partial charge in [-0.1, -0.05) is 125 Å². The van der Waals surface area contributed by atoms with E-state index in [2.05, 4.69) is 125 Å². The van der Waals surface area contributed by atoms with E-state index in [1.807, 2.05) is 0 Å². The molecule has 2 aliphatic carbocycles. The lowest BCUT2D eigenvalue weighted by molar-refractivity contribution is -0.449. The van der Waals surface area contributed by atoms with Crippen LogP contribution in [0.3, 0.4) is 0 Å². The molecule has 0 bridgehead atoms. The Kier molecular flexibility index (Phi) is 8.25. The molecule has 2 aliphatic rings. The van der Waals surface area contributed by atoms with E-state index in [4.69, 9.17) is 9.78 Å². The molecule has 2 nitrogen and oxygen atoms in total. The maximum absolute atomic E-state index is 7.07. The highest BCUT2D eigenvalue weighted by atomic mass is 17.2. The molecular formula is C34H66O2. The molecule has 0 radical (unpaired) electrons. The van der Waals surface area contributed by atoms with E-state index in [9.17, 15) is 0 Å². The third-order valence-corrected chi connectivity index (χ3v) is 11.0. The summed E-state index contributed by atoms with van der Waals surface area (Å²) in [5.74, 6) is 1.32. The molecule has 0 aromatic heterocycles. The standard InChI is InChI=1S/C34H66O2/c1-23-19-31(15,16)25(33(21-23,27(3,4)5)28(6,7)8)35-36-26-32(17,18)20-24(2)22-34(26,29(9,10)11)30(12,13)14/h23-26H,19-22H2,1-18H3. The quantitative estimate of drug-likeness (QED) is 0.280. The normalized spacial score (nSPS) is 32.8. The van der Waals surface area contributed by atoms with Gasteiger partial charge in [0.1, 0.15) is 12.2 Å². The predicted octanol–water partition coefficient (Wildman–Crippen LogP) is 10.7. The summed E-state index contributed by atoms with van der Waals surface area (Å²) in [6, 6.07) is 0. The van der Waals surface area contributed by atoms with Crippen LogP contribution >= 0.6 is 0 Å². The fourth-order valence-electron chi connectivity index (χ4n) is 10.4. The smallest absolute Gasteiger partial charge is 0.105 e. The van der Waals surface area contributed by atoms with Crippen LogP contribution in [0.2, 0.25) is 0 Å². The molecule has 2 saturated carbocycles. The van der Waals surface area contributed by atoms with Crippen LogP contribution in [0.4, 0.5) is 0 Å². The molecule has 0 aromatic carbocycles. The Morgan fingerprint density at radius 2 is 0.667 bits per heavy atom. The second-order valence-corrected chi connectivity index (χ2v) is 18.9. The third-order valence-electron chi connectivity index (χ3n) is 11.0. The fourth-order valence-corrected chi connectivity index (χ4v) is 10.4. The number of hydrogen-bond donors (Lipinski definition) is 0. The Morgan fingerprint density at radius 3 is 0.861 bits per heavy atom. The monoisotopic (exact) mass is 507 g/mol. The van der Waals surface area contributed by atoms with Crippen LogP contribution in [0.25, 0.3) is 0 Å². The van der Waals surface area contributed by atoms with E-state index in [-0.39, 0.29) is 55.5 Å². The van der Waals surface area contributed by atoms with Crippen LogP contribution in [-0.4, -0.2) is 12.2 Å². The van der Waals surface area contributed by atoms with Crippen LogP contribution in [0.15, 0.2) is 0 Å². The minimum absolute atomic E-state index is 0.0145. The minimum Gasteiger partial charge on any atom is -0.232 e. The summed E-state index contributed by atoms with van der Waals surface area (Å²) in [4.78, 5) is 14.1. The first-order chi connectivity index (χ1) is 15.7. The van der Waals surface area contributed by atoms with Crippen molar-refractivity contribution in [1.29, 1.82) is 0 Å². The van der Waals surface area contributed by atoms with Gasteiger partial charge in [-0.15, -0.1) is 0 Å². The maximum Gasteiger partial charge on any atom is 0.105 e. The van der Waals surface area contributed by atoms with Crippen molar-refractivity contribution in [1.82, 2.24) is 0 Å². The summed E-state index contributed by atoms with van der Waals surface area (Å²) < 4.78 is 0. The highest BCUT2D eigenvalue weighted by molar-refractivity contribution is 5.13. The Labute approximate surface area is 227 Å². The van der Waals surface area contributed by atoms with Crippen molar-refractivity contribution in [3.63, 3.8) is 0 Å². The molecule has 2 rings (SSSR count). The lowest BCUT2D eigenvalue weighted by Gasteiger charge is -2.66. The average molecular weight is 507 g/mol. The molecule has 0 amide bonds. The van der Waals surface area contributed by atoms with Gasteiger partial charge in [0.15, 0.2) is 0 Å². The van der Waals surface area contributed by atoms with Gasteiger partial charge in [0.2, 0.25) is 0 Å². The van der Waals surface area contributed by atoms with Crippen molar-refractivity contribution in [3.8, 4) is 0 Å². The molecule has 36 heavy (non-hydrogen) atoms. The molecule has 0 saturated heterocycles. The highest BCUT2D eigenvalue weighted by Gasteiger charge is 2.66. The van der Waals surface area contributed by atoms with Gasteiger partial charge in [-0.25, -0.2) is 9.78 Å². The van der Waals surface area contributed by atoms with Crippen molar-refractivity contribution in [2.45, 2.75) is 163 Å². The summed E-state index contributed by atoms with van der Waals surface area (Å²) in [5.41, 5.74) is 0.325. The van der Waals surface area contributed by atoms with Crippen LogP contribution in [-0.2, 0) is 9.78 Å². The molecule has 214 valence electrons. The van der Waals surface area contributed by atoms with Crippen molar-refractivity contribution in [3.05, 3.63) is 0 Å². The van der Waals surface area contributed by atoms with E-state index in [0.717, 1.165) is 0 Å². The maximum atomic E-state index is 7.07. The fraction of sp³-hybridized carbons (Fsp3) is 1.00. The van der Waals surface area contributed by atoms with Crippen molar-refractivity contribution in [2.24, 2.45) is 55.2 Å². The van der Waals surface area contributed by atoms with E-state index in [1.54, 1.807) is 0 Å². The Bertz CT molecular complexity index is 665. The molecule has 2 heteroatoms. The van der Waals surface area contributed by atoms with E-state index in [0.29, 0.717) is 11.8 Å². The molecule has 2 fully saturated rings. The molecule has 0 spiro atoms. The van der Waals surface area contributed by atoms with Gasteiger partial charge < -0.3 is 0 Å². The largest absolute Gasteiger partial charge is 0.232 e. The van der Waals surface area contributed by atoms with Gasteiger partial charge in [0.05, 0.1) is 0 Å². The van der Waals surface area contributed by atoms with Crippen molar-refractivity contribution in [2.75, 3.05) is 0 Å². The Balaban J connectivity index is 2.70. The van der Waals surface area contributed by atoms with Gasteiger partial charge in [0.25, 0.3) is 0 Å². The van der Waals surface area contributed by atoms with E-state index < -0.39 is 0 Å². The van der Waals surface area contributed by atoms with Gasteiger partial charge in [-0.2, -0.15) is 0 Å². The SMILES string of the molecule is CC1CC(C)(C)C(OOC2C(C)(C)CC(C)CC2(C(C)(C)C)C(C)(C)C)C(C(C)(C)C)(C(C)(C)C)C1. The lowest BCUT2D eigenvalue weighted by Crippen LogP contribution is -2.66. The number of rotatable bonds is 3. The third kappa shape index (κ3) is 5.10. The molecule has 0 aromatic rings. The van der Waals surface area contributed by atoms with Gasteiger partial charge in [-0.05, 0) is 70.0 Å². The van der Waals surface area contributed by atoms with Crippen molar-refractivity contribution < 1.29 is 9.78 Å². The second-order valence-electron chi connectivity index (χ2n) is 18.9. The van der Waals surface area contributed by atoms with Crippen LogP contribution in [0.1, 0.15) is 150 Å². The molecule has 0 N–H and O–H groups in total. The summed E-state index contributed by atoms with van der Waals surface area (Å²) in [6.45, 7) is 43.8. The van der Waals surface area contributed by atoms with Gasteiger partial charge in [0, 0.05) is 10.8 Å². The molecule has 0 heterocycles. The average Bonchev–Trinajstić information content (AvgIpc) is 2.55. The molecule has 0 aliphatic heterocycles. The molecular weight excluding hydrogens is 440 g/mol. The van der Waals surface area contributed by atoms with E-state index >= 15 is 0 Å². The van der Waals surface area contributed by atoms with E-state index in [1.165, 1.54) is 25.7 Å². The molecule has 4 atom stereocenters. The summed E-state index contributed by atoms with van der Waals surface area (Å²) in [7, 11) is 0. The summed E-state index contributed by atoms with van der Waals surface area (Å²) in [6.07, 6.45) is 4.73. The Hall–Kier alpha value is -0.0800. The zero-order chi connectivity index (χ0) is 28.6. The highest BCUT2D eigenvalue weighted by Crippen LogP contribution is 2.68. The zero-order valence-electron chi connectivity index (χ0n) is 28.0. The number of hydrogen-bond acceptors (Lipinski definition) is 2. The summed E-state index contributed by atoms with van der Waals surface area (Å²) in [5, 5.41) is 0. The zero-order valence-corrected chi connectivity index (χ0v) is 28.0. The van der Waals surface area contributed by atoms with Crippen LogP contribution in [0, 0.1) is 55.2 Å². The second kappa shape index (κ2) is 9.25. The first-order valence-electron chi connectivity index (χ1n) is 15.0. The first kappa shape index (κ1) is 32.1. The van der Waals surface area contributed by atoms with Crippen LogP contribution < -0.4 is 0 Å². The summed E-state index contributed by atoms with van der Waals surface area (Å²) >= 11 is 0. The van der Waals surface area contributed by atoms with Crippen LogP contribution in [0.5, 0.6) is 0 Å². The van der Waals surface area contributed by atoms with Gasteiger partial charge in [-0.3, -0.25) is 0 Å². The Morgan fingerprint density at radius 1 is 0.444 bits per heavy atom. The van der Waals surface area contributed by atoms with Gasteiger partial charge >= 0.3 is 0 Å². The molecule has 4 unspecified atom stereocenters. The topological polar surface area (TPSA) is 18.5 Å². The minimum atomic E-state index is -0.0145. The predicted molar refractivity (Wildman–Crippen MR) is 157 cm³/mol. The van der Waals surface area contributed by atoms with Crippen molar-refractivity contribution >= 4 is 0 Å². The first-order valence-corrected chi connectivity index (χ1v) is 15.0. The lowest BCUT2D eigenvalue weighted by atomic mass is 9.42.